The van der Waals surface area contributed by atoms with Crippen LogP contribution in [0.25, 0.3) is 0 Å². The van der Waals surface area contributed by atoms with Gasteiger partial charge in [0.15, 0.2) is 0 Å². The molecule has 2 N–H and O–H groups in total. The number of ether oxygens (including phenoxy) is 2. The summed E-state index contributed by atoms with van der Waals surface area (Å²) in [4.78, 5) is 34.7. The Morgan fingerprint density at radius 1 is 1.16 bits per heavy atom. The van der Waals surface area contributed by atoms with Gasteiger partial charge in [-0.25, -0.2) is 14.4 Å². The summed E-state index contributed by atoms with van der Waals surface area (Å²) in [6.45, 7) is 7.92. The summed E-state index contributed by atoms with van der Waals surface area (Å²) in [5.74, 6) is -2.50. The highest BCUT2D eigenvalue weighted by atomic mass is 16.6. The number of amides is 1. The van der Waals surface area contributed by atoms with Crippen molar-refractivity contribution in [3.63, 3.8) is 0 Å². The Bertz CT molecular complexity index is 360. The minimum atomic E-state index is -2.13. The molecule has 0 rings (SSSR count). The molecule has 0 aromatic heterocycles. The van der Waals surface area contributed by atoms with Gasteiger partial charge in [0, 0.05) is 0 Å². The van der Waals surface area contributed by atoms with E-state index in [-0.39, 0.29) is 13.0 Å². The fourth-order valence-electron chi connectivity index (χ4n) is 1.31. The summed E-state index contributed by atoms with van der Waals surface area (Å²) in [5.41, 5.74) is -2.92. The molecule has 1 unspecified atom stereocenters. The van der Waals surface area contributed by atoms with Gasteiger partial charge in [0.2, 0.25) is 5.54 Å². The number of carbonyl (C=O) groups excluding carboxylic acids is 2. The van der Waals surface area contributed by atoms with Crippen molar-refractivity contribution in [1.82, 2.24) is 5.32 Å². The van der Waals surface area contributed by atoms with E-state index < -0.39 is 29.2 Å². The van der Waals surface area contributed by atoms with Crippen molar-refractivity contribution < 1.29 is 29.0 Å². The minimum absolute atomic E-state index is 0.0177. The number of aliphatic carboxylic acids is 1. The highest BCUT2D eigenvalue weighted by molar-refractivity contribution is 6.06. The molecule has 1 atom stereocenters. The molecule has 0 saturated heterocycles. The van der Waals surface area contributed by atoms with Crippen LogP contribution < -0.4 is 5.32 Å². The lowest BCUT2D eigenvalue weighted by Gasteiger charge is -2.28. The Balaban J connectivity index is 5.12. The molecule has 110 valence electrons. The fourth-order valence-corrected chi connectivity index (χ4v) is 1.31. The summed E-state index contributed by atoms with van der Waals surface area (Å²) >= 11 is 0. The normalized spacial score (nSPS) is 14.2. The van der Waals surface area contributed by atoms with Crippen molar-refractivity contribution in [2.24, 2.45) is 0 Å². The van der Waals surface area contributed by atoms with E-state index in [1.807, 2.05) is 0 Å². The van der Waals surface area contributed by atoms with Gasteiger partial charge in [0.05, 0.1) is 6.61 Å². The van der Waals surface area contributed by atoms with Crippen molar-refractivity contribution in [3.8, 4) is 0 Å². The molecule has 0 heterocycles. The highest BCUT2D eigenvalue weighted by Gasteiger charge is 2.48. The van der Waals surface area contributed by atoms with Crippen LogP contribution in [0.2, 0.25) is 0 Å². The van der Waals surface area contributed by atoms with Crippen LogP contribution in [0.1, 0.15) is 41.0 Å². The Labute approximate surface area is 112 Å². The van der Waals surface area contributed by atoms with Crippen LogP contribution in [-0.2, 0) is 19.1 Å². The molecule has 0 bridgehead atoms. The molecule has 0 radical (unpaired) electrons. The van der Waals surface area contributed by atoms with E-state index in [1.165, 1.54) is 6.92 Å². The maximum absolute atomic E-state index is 11.8. The standard InChI is InChI=1S/C12H21NO6/c1-6-12(8(14)15,9(16)18-7-2)13-10(17)19-11(3,4)5/h6-7H2,1-5H3,(H,13,17)(H,14,15). The van der Waals surface area contributed by atoms with E-state index in [1.54, 1.807) is 27.7 Å². The number of carbonyl (C=O) groups is 3. The number of carboxylic acid groups (broad SMARTS) is 1. The second-order valence-corrected chi connectivity index (χ2v) is 4.91. The molecule has 0 aliphatic heterocycles. The quantitative estimate of drug-likeness (QED) is 0.579. The molecule has 1 amide bonds. The molecule has 0 saturated carbocycles. The van der Waals surface area contributed by atoms with Gasteiger partial charge in [-0.1, -0.05) is 6.92 Å². The number of hydrogen-bond acceptors (Lipinski definition) is 5. The molecule has 7 heteroatoms. The second kappa shape index (κ2) is 6.40. The third-order valence-corrected chi connectivity index (χ3v) is 2.23. The zero-order chi connectivity index (χ0) is 15.3. The molecule has 19 heavy (non-hydrogen) atoms. The van der Waals surface area contributed by atoms with Crippen LogP contribution in [0.4, 0.5) is 4.79 Å². The molecular formula is C12H21NO6. The predicted octanol–water partition coefficient (Wildman–Crippen LogP) is 1.31. The van der Waals surface area contributed by atoms with Crippen LogP contribution in [0.3, 0.4) is 0 Å². The van der Waals surface area contributed by atoms with Crippen LogP contribution in [-0.4, -0.2) is 40.9 Å². The summed E-state index contributed by atoms with van der Waals surface area (Å²) in [7, 11) is 0. The Kier molecular flexibility index (Phi) is 5.80. The van der Waals surface area contributed by atoms with E-state index in [4.69, 9.17) is 9.47 Å². The van der Waals surface area contributed by atoms with Crippen LogP contribution >= 0.6 is 0 Å². The van der Waals surface area contributed by atoms with Crippen molar-refractivity contribution >= 4 is 18.0 Å². The lowest BCUT2D eigenvalue weighted by Crippen LogP contribution is -2.61. The summed E-state index contributed by atoms with van der Waals surface area (Å²) in [6.07, 6.45) is -1.13. The number of carboxylic acids is 1. The first-order valence-electron chi connectivity index (χ1n) is 6.00. The van der Waals surface area contributed by atoms with Crippen molar-refractivity contribution in [1.29, 1.82) is 0 Å². The maximum atomic E-state index is 11.8. The molecule has 0 aromatic carbocycles. The van der Waals surface area contributed by atoms with E-state index in [0.717, 1.165) is 0 Å². The topological polar surface area (TPSA) is 102 Å². The Morgan fingerprint density at radius 2 is 1.68 bits per heavy atom. The van der Waals surface area contributed by atoms with Crippen molar-refractivity contribution in [2.45, 2.75) is 52.2 Å². The number of alkyl carbamates (subject to hydrolysis) is 1. The highest BCUT2D eigenvalue weighted by Crippen LogP contribution is 2.16. The monoisotopic (exact) mass is 275 g/mol. The molecule has 0 fully saturated rings. The van der Waals surface area contributed by atoms with E-state index in [2.05, 4.69) is 5.32 Å². The first-order valence-corrected chi connectivity index (χ1v) is 6.00. The first-order chi connectivity index (χ1) is 8.59. The molecule has 7 nitrogen and oxygen atoms in total. The summed E-state index contributed by atoms with van der Waals surface area (Å²) in [5, 5.41) is 11.3. The SMILES string of the molecule is CCOC(=O)C(CC)(NC(=O)OC(C)(C)C)C(=O)O. The first kappa shape index (κ1) is 17.2. The van der Waals surface area contributed by atoms with Gasteiger partial charge in [-0.2, -0.15) is 0 Å². The third kappa shape index (κ3) is 4.76. The lowest BCUT2D eigenvalue weighted by atomic mass is 9.96. The predicted molar refractivity (Wildman–Crippen MR) is 66.7 cm³/mol. The van der Waals surface area contributed by atoms with Gasteiger partial charge < -0.3 is 14.6 Å². The van der Waals surface area contributed by atoms with Gasteiger partial charge in [0.25, 0.3) is 0 Å². The minimum Gasteiger partial charge on any atom is -0.479 e. The van der Waals surface area contributed by atoms with Gasteiger partial charge in [-0.05, 0) is 34.1 Å². The maximum Gasteiger partial charge on any atom is 0.409 e. The Morgan fingerprint density at radius 3 is 2.00 bits per heavy atom. The number of nitrogens with one attached hydrogen (secondary N) is 1. The third-order valence-electron chi connectivity index (χ3n) is 2.23. The zero-order valence-electron chi connectivity index (χ0n) is 11.9. The summed E-state index contributed by atoms with van der Waals surface area (Å²) < 4.78 is 9.65. The molecule has 0 spiro atoms. The van der Waals surface area contributed by atoms with Crippen molar-refractivity contribution in [2.75, 3.05) is 6.61 Å². The molecule has 0 aliphatic carbocycles. The summed E-state index contributed by atoms with van der Waals surface area (Å²) in [6, 6.07) is 0. The van der Waals surface area contributed by atoms with E-state index >= 15 is 0 Å². The largest absolute Gasteiger partial charge is 0.479 e. The van der Waals surface area contributed by atoms with Crippen molar-refractivity contribution in [3.05, 3.63) is 0 Å². The number of rotatable bonds is 5. The van der Waals surface area contributed by atoms with Gasteiger partial charge in [0.1, 0.15) is 5.60 Å². The second-order valence-electron chi connectivity index (χ2n) is 4.91. The van der Waals surface area contributed by atoms with Gasteiger partial charge in [-0.15, -0.1) is 0 Å². The Hall–Kier alpha value is -1.79. The number of hydrogen-bond donors (Lipinski definition) is 2. The van der Waals surface area contributed by atoms with Crippen LogP contribution in [0.5, 0.6) is 0 Å². The lowest BCUT2D eigenvalue weighted by molar-refractivity contribution is -0.163. The fraction of sp³-hybridized carbons (Fsp3) is 0.750. The zero-order valence-corrected chi connectivity index (χ0v) is 11.9. The van der Waals surface area contributed by atoms with Crippen LogP contribution in [0, 0.1) is 0 Å². The molecule has 0 aromatic rings. The average Bonchev–Trinajstić information content (AvgIpc) is 2.23. The van der Waals surface area contributed by atoms with E-state index in [0.29, 0.717) is 0 Å². The molecular weight excluding hydrogens is 254 g/mol. The van der Waals surface area contributed by atoms with E-state index in [9.17, 15) is 19.5 Å². The average molecular weight is 275 g/mol. The number of esters is 1. The molecule has 0 aliphatic rings. The van der Waals surface area contributed by atoms with Crippen LogP contribution in [0.15, 0.2) is 0 Å². The van der Waals surface area contributed by atoms with Gasteiger partial charge >= 0.3 is 18.0 Å². The van der Waals surface area contributed by atoms with Gasteiger partial charge in [-0.3, -0.25) is 5.32 Å². The smallest absolute Gasteiger partial charge is 0.409 e.